The van der Waals surface area contributed by atoms with Crippen molar-refractivity contribution in [3.8, 4) is 23.1 Å². The fraction of sp³-hybridized carbons (Fsp3) is 0.280. The van der Waals surface area contributed by atoms with Crippen molar-refractivity contribution in [3.05, 3.63) is 71.3 Å². The highest BCUT2D eigenvalue weighted by Gasteiger charge is 2.22. The largest absolute Gasteiger partial charge is 0.395 e. The molecule has 33 heavy (non-hydrogen) atoms. The Morgan fingerprint density at radius 2 is 1.79 bits per heavy atom. The van der Waals surface area contributed by atoms with Gasteiger partial charge in [0.15, 0.2) is 0 Å². The van der Waals surface area contributed by atoms with Gasteiger partial charge in [-0.3, -0.25) is 9.69 Å². The van der Waals surface area contributed by atoms with E-state index in [0.717, 1.165) is 41.2 Å². The number of aryl methyl sites for hydroxylation is 1. The first-order valence-electron chi connectivity index (χ1n) is 10.8. The summed E-state index contributed by atoms with van der Waals surface area (Å²) in [5, 5.41) is 9.08. The molecule has 0 bridgehead atoms. The van der Waals surface area contributed by atoms with Gasteiger partial charge in [0.2, 0.25) is 0 Å². The average Bonchev–Trinajstić information content (AvgIpc) is 2.84. The van der Waals surface area contributed by atoms with Crippen LogP contribution >= 0.6 is 0 Å². The second kappa shape index (κ2) is 10.2. The number of β-amino-alcohol motifs (C(OH)–C–C–N with tert-alkyl or cyclic N) is 1. The number of nitrogen functional groups attached to an aromatic ring is 1. The highest BCUT2D eigenvalue weighted by Crippen LogP contribution is 2.23. The van der Waals surface area contributed by atoms with E-state index in [1.165, 1.54) is 6.33 Å². The lowest BCUT2D eigenvalue weighted by molar-refractivity contribution is 0.0615. The van der Waals surface area contributed by atoms with E-state index in [1.54, 1.807) is 12.3 Å². The van der Waals surface area contributed by atoms with Gasteiger partial charge in [0.25, 0.3) is 5.91 Å². The van der Waals surface area contributed by atoms with Crippen LogP contribution in [0.25, 0.3) is 11.3 Å². The smallest absolute Gasteiger partial charge is 0.253 e. The number of piperazine rings is 1. The molecule has 8 nitrogen and oxygen atoms in total. The summed E-state index contributed by atoms with van der Waals surface area (Å²) in [7, 11) is 0. The van der Waals surface area contributed by atoms with Crippen LogP contribution in [0.5, 0.6) is 0 Å². The summed E-state index contributed by atoms with van der Waals surface area (Å²) in [6.07, 6.45) is 3.15. The maximum Gasteiger partial charge on any atom is 0.253 e. The van der Waals surface area contributed by atoms with Gasteiger partial charge >= 0.3 is 0 Å². The van der Waals surface area contributed by atoms with Crippen LogP contribution in [0.2, 0.25) is 0 Å². The molecule has 2 aromatic heterocycles. The van der Waals surface area contributed by atoms with Crippen molar-refractivity contribution in [2.45, 2.75) is 6.92 Å². The van der Waals surface area contributed by atoms with Crippen LogP contribution in [0.15, 0.2) is 48.9 Å². The quantitative estimate of drug-likeness (QED) is 0.591. The molecular weight excluding hydrogens is 416 g/mol. The lowest BCUT2D eigenvalue weighted by Crippen LogP contribution is -2.49. The maximum absolute atomic E-state index is 12.9. The Balaban J connectivity index is 1.53. The zero-order valence-electron chi connectivity index (χ0n) is 18.5. The fourth-order valence-electron chi connectivity index (χ4n) is 3.73. The first-order valence-corrected chi connectivity index (χ1v) is 10.8. The Morgan fingerprint density at radius 1 is 1.03 bits per heavy atom. The molecule has 0 unspecified atom stereocenters. The highest BCUT2D eigenvalue weighted by atomic mass is 16.3. The standard InChI is InChI=1S/C25H26N6O2/c1-18-22(8-2-19-3-9-23(26)27-16-19)24(29-17-28-18)20-4-6-21(7-5-20)25(33)31-12-10-30(11-13-31)14-15-32/h3-7,9,16-17,32H,10-15H2,1H3,(H2,26,27). The summed E-state index contributed by atoms with van der Waals surface area (Å²) in [6, 6.07) is 11.0. The molecule has 3 N–H and O–H groups in total. The zero-order valence-corrected chi connectivity index (χ0v) is 18.5. The number of amides is 1. The third kappa shape index (κ3) is 5.34. The van der Waals surface area contributed by atoms with Gasteiger partial charge in [-0.25, -0.2) is 15.0 Å². The molecule has 168 valence electrons. The molecule has 1 saturated heterocycles. The molecule has 0 atom stereocenters. The summed E-state index contributed by atoms with van der Waals surface area (Å²) in [6.45, 7) is 5.55. The lowest BCUT2D eigenvalue weighted by Gasteiger charge is -2.34. The van der Waals surface area contributed by atoms with Crippen LogP contribution in [0.4, 0.5) is 5.82 Å². The molecule has 1 amide bonds. The van der Waals surface area contributed by atoms with Crippen molar-refractivity contribution in [1.29, 1.82) is 0 Å². The molecule has 4 rings (SSSR count). The van der Waals surface area contributed by atoms with Gasteiger partial charge in [0.05, 0.1) is 23.6 Å². The summed E-state index contributed by atoms with van der Waals surface area (Å²) >= 11 is 0. The second-order valence-corrected chi connectivity index (χ2v) is 7.84. The molecule has 8 heteroatoms. The molecule has 3 heterocycles. The summed E-state index contributed by atoms with van der Waals surface area (Å²) in [5.41, 5.74) is 10.1. The number of aromatic nitrogens is 3. The van der Waals surface area contributed by atoms with Crippen LogP contribution in [-0.4, -0.2) is 75.1 Å². The number of nitrogens with two attached hydrogens (primary N) is 1. The van der Waals surface area contributed by atoms with Crippen LogP contribution in [0.1, 0.15) is 27.2 Å². The minimum Gasteiger partial charge on any atom is -0.395 e. The first-order chi connectivity index (χ1) is 16.0. The van der Waals surface area contributed by atoms with Crippen molar-refractivity contribution < 1.29 is 9.90 Å². The Labute approximate surface area is 193 Å². The molecule has 3 aromatic rings. The number of aliphatic hydroxyl groups excluding tert-OH is 1. The summed E-state index contributed by atoms with van der Waals surface area (Å²) in [5.74, 6) is 6.72. The van der Waals surface area contributed by atoms with E-state index >= 15 is 0 Å². The Bertz CT molecular complexity index is 1170. The van der Waals surface area contributed by atoms with E-state index < -0.39 is 0 Å². The fourth-order valence-corrected chi connectivity index (χ4v) is 3.73. The SMILES string of the molecule is Cc1ncnc(-c2ccc(C(=O)N3CCN(CCO)CC3)cc2)c1C#Cc1ccc(N)nc1. The summed E-state index contributed by atoms with van der Waals surface area (Å²) in [4.78, 5) is 29.7. The number of nitrogens with zero attached hydrogens (tertiary/aromatic N) is 5. The van der Waals surface area contributed by atoms with Crippen molar-refractivity contribution in [3.63, 3.8) is 0 Å². The van der Waals surface area contributed by atoms with E-state index in [2.05, 4.69) is 31.7 Å². The number of carbonyl (C=O) groups is 1. The molecule has 0 saturated carbocycles. The van der Waals surface area contributed by atoms with Gasteiger partial charge in [-0.15, -0.1) is 0 Å². The molecule has 1 aliphatic heterocycles. The number of hydrogen-bond acceptors (Lipinski definition) is 7. The number of hydrogen-bond donors (Lipinski definition) is 2. The number of anilines is 1. The molecule has 0 spiro atoms. The lowest BCUT2D eigenvalue weighted by atomic mass is 10.0. The number of aliphatic hydroxyl groups is 1. The Kier molecular flexibility index (Phi) is 6.93. The summed E-state index contributed by atoms with van der Waals surface area (Å²) < 4.78 is 0. The van der Waals surface area contributed by atoms with Gasteiger partial charge < -0.3 is 15.7 Å². The molecule has 0 aliphatic carbocycles. The van der Waals surface area contributed by atoms with Crippen molar-refractivity contribution >= 4 is 11.7 Å². The molecule has 1 aliphatic rings. The van der Waals surface area contributed by atoms with Gasteiger partial charge in [-0.05, 0) is 31.2 Å². The topological polar surface area (TPSA) is 108 Å². The maximum atomic E-state index is 12.9. The highest BCUT2D eigenvalue weighted by molar-refractivity contribution is 5.94. The normalized spacial score (nSPS) is 13.9. The number of pyridine rings is 1. The van der Waals surface area contributed by atoms with Crippen molar-refractivity contribution in [2.75, 3.05) is 45.1 Å². The van der Waals surface area contributed by atoms with Crippen LogP contribution in [-0.2, 0) is 0 Å². The zero-order chi connectivity index (χ0) is 23.2. The average molecular weight is 443 g/mol. The van der Waals surface area contributed by atoms with Crippen LogP contribution in [0.3, 0.4) is 0 Å². The monoisotopic (exact) mass is 442 g/mol. The third-order valence-corrected chi connectivity index (χ3v) is 5.64. The van der Waals surface area contributed by atoms with Gasteiger partial charge in [-0.1, -0.05) is 24.0 Å². The number of carbonyl (C=O) groups excluding carboxylic acids is 1. The van der Waals surface area contributed by atoms with Gasteiger partial charge in [0.1, 0.15) is 12.1 Å². The number of rotatable bonds is 4. The Hall–Kier alpha value is -3.80. The molecular formula is C25H26N6O2. The van der Waals surface area contributed by atoms with Crippen molar-refractivity contribution in [1.82, 2.24) is 24.8 Å². The van der Waals surface area contributed by atoms with Gasteiger partial charge in [0, 0.05) is 55.6 Å². The number of benzene rings is 1. The van der Waals surface area contributed by atoms with E-state index in [0.29, 0.717) is 31.0 Å². The molecule has 1 fully saturated rings. The van der Waals surface area contributed by atoms with E-state index in [9.17, 15) is 4.79 Å². The minimum absolute atomic E-state index is 0.0138. The van der Waals surface area contributed by atoms with Crippen LogP contribution < -0.4 is 5.73 Å². The van der Waals surface area contributed by atoms with E-state index in [-0.39, 0.29) is 12.5 Å². The van der Waals surface area contributed by atoms with Gasteiger partial charge in [-0.2, -0.15) is 0 Å². The second-order valence-electron chi connectivity index (χ2n) is 7.84. The van der Waals surface area contributed by atoms with Crippen LogP contribution in [0, 0.1) is 18.8 Å². The third-order valence-electron chi connectivity index (χ3n) is 5.64. The predicted molar refractivity (Wildman–Crippen MR) is 126 cm³/mol. The first kappa shape index (κ1) is 22.4. The molecule has 0 radical (unpaired) electrons. The predicted octanol–water partition coefficient (Wildman–Crippen LogP) is 1.58. The minimum atomic E-state index is 0.0138. The van der Waals surface area contributed by atoms with E-state index in [4.69, 9.17) is 10.8 Å². The molecule has 1 aromatic carbocycles. The van der Waals surface area contributed by atoms with E-state index in [1.807, 2.05) is 42.2 Å². The van der Waals surface area contributed by atoms with Crippen molar-refractivity contribution in [2.24, 2.45) is 0 Å². The Morgan fingerprint density at radius 3 is 2.45 bits per heavy atom.